The summed E-state index contributed by atoms with van der Waals surface area (Å²) in [6.45, 7) is 0. The van der Waals surface area contributed by atoms with E-state index in [1.165, 1.54) is 4.70 Å². The SMILES string of the molecule is OB(O)c1cc2ccsc2c(I)c1I. The van der Waals surface area contributed by atoms with Gasteiger partial charge >= 0.3 is 7.12 Å². The average molecular weight is 430 g/mol. The smallest absolute Gasteiger partial charge is 0.423 e. The lowest BCUT2D eigenvalue weighted by molar-refractivity contribution is 0.425. The molecule has 6 heteroatoms. The first-order valence-corrected chi connectivity index (χ1v) is 6.86. The van der Waals surface area contributed by atoms with Gasteiger partial charge in [-0.1, -0.05) is 6.07 Å². The van der Waals surface area contributed by atoms with Gasteiger partial charge in [0.05, 0.1) is 0 Å². The topological polar surface area (TPSA) is 40.5 Å². The molecule has 1 aromatic heterocycles. The molecule has 0 radical (unpaired) electrons. The Morgan fingerprint density at radius 1 is 1.21 bits per heavy atom. The number of fused-ring (bicyclic) bond motifs is 1. The molecule has 2 N–H and O–H groups in total. The summed E-state index contributed by atoms with van der Waals surface area (Å²) in [6, 6.07) is 3.82. The fraction of sp³-hybridized carbons (Fsp3) is 0. The summed E-state index contributed by atoms with van der Waals surface area (Å²) in [7, 11) is -1.39. The van der Waals surface area contributed by atoms with E-state index in [1.54, 1.807) is 11.3 Å². The molecule has 2 rings (SSSR count). The van der Waals surface area contributed by atoms with Crippen molar-refractivity contribution in [2.24, 2.45) is 0 Å². The van der Waals surface area contributed by atoms with Crippen LogP contribution in [0.5, 0.6) is 0 Å². The van der Waals surface area contributed by atoms with E-state index < -0.39 is 7.12 Å². The first-order chi connectivity index (χ1) is 6.61. The van der Waals surface area contributed by atoms with E-state index >= 15 is 0 Å². The van der Waals surface area contributed by atoms with Crippen molar-refractivity contribution in [3.63, 3.8) is 0 Å². The normalized spacial score (nSPS) is 10.9. The zero-order valence-electron chi connectivity index (χ0n) is 6.87. The number of halogens is 2. The molecule has 0 spiro atoms. The molecular weight excluding hydrogens is 425 g/mol. The highest BCUT2D eigenvalue weighted by Gasteiger charge is 2.19. The van der Waals surface area contributed by atoms with Gasteiger partial charge in [0.25, 0.3) is 0 Å². The summed E-state index contributed by atoms with van der Waals surface area (Å²) < 4.78 is 3.23. The molecule has 0 bridgehead atoms. The lowest BCUT2D eigenvalue weighted by Crippen LogP contribution is -2.32. The summed E-state index contributed by atoms with van der Waals surface area (Å²) in [5, 5.41) is 21.4. The molecule has 0 amide bonds. The Labute approximate surface area is 113 Å². The third-order valence-electron chi connectivity index (χ3n) is 1.93. The Hall–Kier alpha value is 0.625. The van der Waals surface area contributed by atoms with E-state index in [2.05, 4.69) is 45.2 Å². The standard InChI is InChI=1S/C8H5BI2O2S/c10-6-5(9(12)13)3-4-1-2-14-8(4)7(6)11/h1-3,12-13H. The minimum Gasteiger partial charge on any atom is -0.423 e. The molecule has 14 heavy (non-hydrogen) atoms. The zero-order chi connectivity index (χ0) is 10.3. The summed E-state index contributed by atoms with van der Waals surface area (Å²) in [6.07, 6.45) is 0. The van der Waals surface area contributed by atoms with Gasteiger partial charge in [0.1, 0.15) is 0 Å². The lowest BCUT2D eigenvalue weighted by Gasteiger charge is -2.06. The van der Waals surface area contributed by atoms with Crippen molar-refractivity contribution in [1.82, 2.24) is 0 Å². The van der Waals surface area contributed by atoms with E-state index in [1.807, 2.05) is 17.5 Å². The van der Waals surface area contributed by atoms with E-state index in [0.29, 0.717) is 5.46 Å². The zero-order valence-corrected chi connectivity index (χ0v) is 12.0. The molecular formula is C8H5BI2O2S. The summed E-state index contributed by atoms with van der Waals surface area (Å²) in [5.41, 5.74) is 0.584. The molecule has 0 saturated heterocycles. The first kappa shape index (κ1) is 11.1. The van der Waals surface area contributed by atoms with Gasteiger partial charge in [0.2, 0.25) is 0 Å². The van der Waals surface area contributed by atoms with Crippen molar-refractivity contribution < 1.29 is 10.0 Å². The molecule has 0 aliphatic carbocycles. The number of hydrogen-bond donors (Lipinski definition) is 2. The Morgan fingerprint density at radius 2 is 1.93 bits per heavy atom. The predicted octanol–water partition coefficient (Wildman–Crippen LogP) is 1.79. The monoisotopic (exact) mass is 430 g/mol. The van der Waals surface area contributed by atoms with Crippen LogP contribution in [0.25, 0.3) is 10.1 Å². The summed E-state index contributed by atoms with van der Waals surface area (Å²) in [4.78, 5) is 0. The Bertz CT molecular complexity index is 483. The molecule has 0 unspecified atom stereocenters. The van der Waals surface area contributed by atoms with Crippen molar-refractivity contribution in [1.29, 1.82) is 0 Å². The van der Waals surface area contributed by atoms with Gasteiger partial charge < -0.3 is 10.0 Å². The fourth-order valence-corrected chi connectivity index (χ4v) is 3.97. The van der Waals surface area contributed by atoms with Crippen LogP contribution in [0.15, 0.2) is 17.5 Å². The molecule has 0 aliphatic heterocycles. The number of hydrogen-bond acceptors (Lipinski definition) is 3. The second kappa shape index (κ2) is 4.24. The molecule has 0 fully saturated rings. The molecule has 0 atom stereocenters. The summed E-state index contributed by atoms with van der Waals surface area (Å²) >= 11 is 6.06. The summed E-state index contributed by atoms with van der Waals surface area (Å²) in [5.74, 6) is 0. The largest absolute Gasteiger partial charge is 0.489 e. The molecule has 2 aromatic rings. The van der Waals surface area contributed by atoms with Crippen LogP contribution in [0.1, 0.15) is 0 Å². The molecule has 1 heterocycles. The Morgan fingerprint density at radius 3 is 2.57 bits per heavy atom. The number of rotatable bonds is 1. The molecule has 0 saturated carbocycles. The van der Waals surface area contributed by atoms with Crippen molar-refractivity contribution in [2.75, 3.05) is 0 Å². The van der Waals surface area contributed by atoms with Gasteiger partial charge in [-0.15, -0.1) is 11.3 Å². The Balaban J connectivity index is 2.80. The van der Waals surface area contributed by atoms with Crippen LogP contribution in [-0.4, -0.2) is 17.2 Å². The van der Waals surface area contributed by atoms with Crippen LogP contribution in [0.3, 0.4) is 0 Å². The van der Waals surface area contributed by atoms with Gasteiger partial charge in [0, 0.05) is 11.8 Å². The van der Waals surface area contributed by atoms with Crippen LogP contribution in [-0.2, 0) is 0 Å². The maximum absolute atomic E-state index is 9.18. The molecule has 72 valence electrons. The van der Waals surface area contributed by atoms with Crippen molar-refractivity contribution in [3.8, 4) is 0 Å². The maximum atomic E-state index is 9.18. The van der Waals surface area contributed by atoms with Crippen LogP contribution in [0.2, 0.25) is 0 Å². The number of thiophene rings is 1. The van der Waals surface area contributed by atoms with Crippen molar-refractivity contribution >= 4 is 79.2 Å². The minimum atomic E-state index is -1.39. The predicted molar refractivity (Wildman–Crippen MR) is 77.1 cm³/mol. The highest BCUT2D eigenvalue weighted by molar-refractivity contribution is 14.1. The van der Waals surface area contributed by atoms with Gasteiger partial charge in [-0.3, -0.25) is 0 Å². The van der Waals surface area contributed by atoms with Gasteiger partial charge in [-0.25, -0.2) is 0 Å². The minimum absolute atomic E-state index is 0.584. The highest BCUT2D eigenvalue weighted by Crippen LogP contribution is 2.28. The second-order valence-electron chi connectivity index (χ2n) is 2.81. The Kier molecular flexibility index (Phi) is 3.37. The third-order valence-corrected chi connectivity index (χ3v) is 6.52. The van der Waals surface area contributed by atoms with Crippen LogP contribution < -0.4 is 5.46 Å². The van der Waals surface area contributed by atoms with Crippen molar-refractivity contribution in [2.45, 2.75) is 0 Å². The average Bonchev–Trinajstić information content (AvgIpc) is 2.58. The van der Waals surface area contributed by atoms with Gasteiger partial charge in [-0.05, 0) is 67.5 Å². The lowest BCUT2D eigenvalue weighted by atomic mass is 9.80. The number of benzene rings is 1. The third kappa shape index (κ3) is 1.82. The van der Waals surface area contributed by atoms with Crippen LogP contribution in [0.4, 0.5) is 0 Å². The van der Waals surface area contributed by atoms with E-state index in [-0.39, 0.29) is 0 Å². The molecule has 1 aromatic carbocycles. The van der Waals surface area contributed by atoms with E-state index in [9.17, 15) is 10.0 Å². The maximum Gasteiger partial charge on any atom is 0.489 e. The highest BCUT2D eigenvalue weighted by atomic mass is 127. The van der Waals surface area contributed by atoms with Crippen LogP contribution in [0, 0.1) is 7.14 Å². The second-order valence-corrected chi connectivity index (χ2v) is 5.88. The van der Waals surface area contributed by atoms with E-state index in [0.717, 1.165) is 12.5 Å². The molecule has 2 nitrogen and oxygen atoms in total. The first-order valence-electron chi connectivity index (χ1n) is 3.82. The van der Waals surface area contributed by atoms with Crippen LogP contribution >= 0.6 is 56.5 Å². The van der Waals surface area contributed by atoms with Gasteiger partial charge in [-0.2, -0.15) is 0 Å². The fourth-order valence-electron chi connectivity index (χ4n) is 1.26. The quantitative estimate of drug-likeness (QED) is 0.536. The molecule has 0 aliphatic rings. The van der Waals surface area contributed by atoms with Crippen molar-refractivity contribution in [3.05, 3.63) is 24.7 Å². The van der Waals surface area contributed by atoms with Gasteiger partial charge in [0.15, 0.2) is 0 Å². The van der Waals surface area contributed by atoms with E-state index in [4.69, 9.17) is 0 Å².